The average Bonchev–Trinajstić information content (AvgIpc) is 2.37. The third kappa shape index (κ3) is 2.72. The summed E-state index contributed by atoms with van der Waals surface area (Å²) in [4.78, 5) is 23.4. The van der Waals surface area contributed by atoms with Crippen LogP contribution in [0.4, 0.5) is 5.69 Å². The van der Waals surface area contributed by atoms with Gasteiger partial charge in [0.1, 0.15) is 0 Å². The summed E-state index contributed by atoms with van der Waals surface area (Å²) < 4.78 is 4.62. The zero-order valence-electron chi connectivity index (χ0n) is 10.5. The van der Waals surface area contributed by atoms with Gasteiger partial charge in [-0.3, -0.25) is 4.79 Å². The first-order valence-corrected chi connectivity index (χ1v) is 6.32. The molecule has 2 rings (SSSR count). The Bertz CT molecular complexity index is 527. The van der Waals surface area contributed by atoms with E-state index in [9.17, 15) is 9.59 Å². The molecule has 1 aromatic rings. The smallest absolute Gasteiger partial charge is 0.337 e. The van der Waals surface area contributed by atoms with Crippen molar-refractivity contribution in [2.24, 2.45) is 5.73 Å². The third-order valence-corrected chi connectivity index (χ3v) is 3.66. The van der Waals surface area contributed by atoms with Gasteiger partial charge in [-0.2, -0.15) is 0 Å². The number of carbonyl (C=O) groups excluding carboxylic acids is 2. The van der Waals surface area contributed by atoms with Crippen LogP contribution in [-0.4, -0.2) is 24.5 Å². The van der Waals surface area contributed by atoms with E-state index in [2.05, 4.69) is 10.1 Å². The van der Waals surface area contributed by atoms with Crippen LogP contribution in [0.15, 0.2) is 18.2 Å². The Morgan fingerprint density at radius 2 is 2.11 bits per heavy atom. The van der Waals surface area contributed by atoms with E-state index in [1.165, 1.54) is 25.3 Å². The summed E-state index contributed by atoms with van der Waals surface area (Å²) in [6.45, 7) is 0. The highest BCUT2D eigenvalue weighted by molar-refractivity contribution is 6.34. The number of nitrogens with one attached hydrogen (secondary N) is 1. The van der Waals surface area contributed by atoms with Crippen LogP contribution in [0, 0.1) is 0 Å². The van der Waals surface area contributed by atoms with Crippen molar-refractivity contribution in [3.8, 4) is 0 Å². The zero-order chi connectivity index (χ0) is 14.0. The Kier molecular flexibility index (Phi) is 3.78. The molecule has 19 heavy (non-hydrogen) atoms. The highest BCUT2D eigenvalue weighted by Crippen LogP contribution is 2.31. The summed E-state index contributed by atoms with van der Waals surface area (Å²) in [6.07, 6.45) is 2.26. The highest BCUT2D eigenvalue weighted by Gasteiger charge is 2.40. The molecule has 0 heterocycles. The van der Waals surface area contributed by atoms with Crippen molar-refractivity contribution in [2.45, 2.75) is 24.8 Å². The summed E-state index contributed by atoms with van der Waals surface area (Å²) in [6, 6.07) is 4.55. The number of anilines is 1. The van der Waals surface area contributed by atoms with Crippen LogP contribution in [0.1, 0.15) is 29.6 Å². The normalized spacial score (nSPS) is 16.4. The standard InChI is InChI=1S/C13H15ClN2O3/c1-19-11(17)8-3-4-9(14)10(7-8)16-12(18)13(15)5-2-6-13/h3-4,7H,2,5-6,15H2,1H3,(H,16,18). The fourth-order valence-electron chi connectivity index (χ4n) is 1.90. The number of nitrogens with two attached hydrogens (primary N) is 1. The van der Waals surface area contributed by atoms with Crippen LogP contribution >= 0.6 is 11.6 Å². The number of esters is 1. The Morgan fingerprint density at radius 1 is 1.42 bits per heavy atom. The van der Waals surface area contributed by atoms with Gasteiger partial charge in [-0.15, -0.1) is 0 Å². The molecule has 3 N–H and O–H groups in total. The number of hydrogen-bond donors (Lipinski definition) is 2. The van der Waals surface area contributed by atoms with Crippen molar-refractivity contribution in [1.82, 2.24) is 0 Å². The van der Waals surface area contributed by atoms with Crippen LogP contribution in [-0.2, 0) is 9.53 Å². The largest absolute Gasteiger partial charge is 0.465 e. The van der Waals surface area contributed by atoms with Gasteiger partial charge in [0.2, 0.25) is 5.91 Å². The molecule has 0 saturated heterocycles. The van der Waals surface area contributed by atoms with Crippen molar-refractivity contribution in [2.75, 3.05) is 12.4 Å². The quantitative estimate of drug-likeness (QED) is 0.830. The molecule has 1 amide bonds. The maximum absolute atomic E-state index is 12.0. The number of carbonyl (C=O) groups is 2. The molecule has 0 atom stereocenters. The van der Waals surface area contributed by atoms with Crippen molar-refractivity contribution in [3.63, 3.8) is 0 Å². The van der Waals surface area contributed by atoms with Gasteiger partial charge in [0.05, 0.1) is 28.9 Å². The first kappa shape index (κ1) is 13.8. The topological polar surface area (TPSA) is 81.4 Å². The van der Waals surface area contributed by atoms with Crippen LogP contribution in [0.25, 0.3) is 0 Å². The maximum atomic E-state index is 12.0. The number of benzene rings is 1. The molecule has 102 valence electrons. The predicted octanol–water partition coefficient (Wildman–Crippen LogP) is 1.95. The summed E-state index contributed by atoms with van der Waals surface area (Å²) >= 11 is 5.99. The molecule has 0 aliphatic heterocycles. The van der Waals surface area contributed by atoms with Crippen LogP contribution < -0.4 is 11.1 Å². The van der Waals surface area contributed by atoms with Crippen LogP contribution in [0.3, 0.4) is 0 Å². The molecule has 5 nitrogen and oxygen atoms in total. The molecule has 1 fully saturated rings. The van der Waals surface area contributed by atoms with Gasteiger partial charge >= 0.3 is 5.97 Å². The lowest BCUT2D eigenvalue weighted by atomic mass is 9.77. The second kappa shape index (κ2) is 5.19. The SMILES string of the molecule is COC(=O)c1ccc(Cl)c(NC(=O)C2(N)CCC2)c1. The molecule has 1 aliphatic rings. The summed E-state index contributed by atoms with van der Waals surface area (Å²) in [7, 11) is 1.29. The van der Waals surface area contributed by atoms with Gasteiger partial charge in [-0.25, -0.2) is 4.79 Å². The Balaban J connectivity index is 2.19. The minimum absolute atomic E-state index is 0.275. The Labute approximate surface area is 116 Å². The van der Waals surface area contributed by atoms with Crippen molar-refractivity contribution in [3.05, 3.63) is 28.8 Å². The van der Waals surface area contributed by atoms with E-state index >= 15 is 0 Å². The number of ether oxygens (including phenoxy) is 1. The summed E-state index contributed by atoms with van der Waals surface area (Å²) in [5.74, 6) is -0.763. The monoisotopic (exact) mass is 282 g/mol. The third-order valence-electron chi connectivity index (χ3n) is 3.33. The average molecular weight is 283 g/mol. The van der Waals surface area contributed by atoms with E-state index in [1.54, 1.807) is 0 Å². The van der Waals surface area contributed by atoms with Gasteiger partial charge in [0.25, 0.3) is 0 Å². The molecule has 0 spiro atoms. The van der Waals surface area contributed by atoms with Gasteiger partial charge < -0.3 is 15.8 Å². The highest BCUT2D eigenvalue weighted by atomic mass is 35.5. The zero-order valence-corrected chi connectivity index (χ0v) is 11.3. The molecular formula is C13H15ClN2O3. The predicted molar refractivity (Wildman–Crippen MR) is 72.2 cm³/mol. The first-order valence-electron chi connectivity index (χ1n) is 5.94. The number of halogens is 1. The van der Waals surface area contributed by atoms with E-state index in [-0.39, 0.29) is 5.91 Å². The molecule has 0 unspecified atom stereocenters. The maximum Gasteiger partial charge on any atom is 0.337 e. The number of hydrogen-bond acceptors (Lipinski definition) is 4. The van der Waals surface area contributed by atoms with Gasteiger partial charge in [-0.1, -0.05) is 11.6 Å². The molecular weight excluding hydrogens is 268 g/mol. The summed E-state index contributed by atoms with van der Waals surface area (Å²) in [5, 5.41) is 3.02. The van der Waals surface area contributed by atoms with E-state index in [4.69, 9.17) is 17.3 Å². The molecule has 1 saturated carbocycles. The van der Waals surface area contributed by atoms with Crippen LogP contribution in [0.5, 0.6) is 0 Å². The molecule has 0 bridgehead atoms. The first-order chi connectivity index (χ1) is 8.96. The van der Waals surface area contributed by atoms with E-state index in [1.807, 2.05) is 0 Å². The van der Waals surface area contributed by atoms with E-state index < -0.39 is 11.5 Å². The van der Waals surface area contributed by atoms with Crippen LogP contribution in [0.2, 0.25) is 5.02 Å². The Morgan fingerprint density at radius 3 is 2.63 bits per heavy atom. The van der Waals surface area contributed by atoms with Gasteiger partial charge in [0.15, 0.2) is 0 Å². The molecule has 1 aliphatic carbocycles. The second-order valence-electron chi connectivity index (χ2n) is 4.65. The lowest BCUT2D eigenvalue weighted by Gasteiger charge is -2.36. The lowest BCUT2D eigenvalue weighted by molar-refractivity contribution is -0.123. The van der Waals surface area contributed by atoms with Crippen molar-refractivity contribution >= 4 is 29.2 Å². The van der Waals surface area contributed by atoms with Gasteiger partial charge in [0, 0.05) is 0 Å². The number of amides is 1. The second-order valence-corrected chi connectivity index (χ2v) is 5.06. The summed E-state index contributed by atoms with van der Waals surface area (Å²) in [5.41, 5.74) is 5.79. The van der Waals surface area contributed by atoms with Crippen molar-refractivity contribution in [1.29, 1.82) is 0 Å². The fraction of sp³-hybridized carbons (Fsp3) is 0.385. The Hall–Kier alpha value is -1.59. The minimum atomic E-state index is -0.815. The minimum Gasteiger partial charge on any atom is -0.465 e. The molecule has 0 radical (unpaired) electrons. The lowest BCUT2D eigenvalue weighted by Crippen LogP contribution is -2.56. The van der Waals surface area contributed by atoms with E-state index in [0.717, 1.165) is 6.42 Å². The molecule has 1 aromatic carbocycles. The molecule has 6 heteroatoms. The van der Waals surface area contributed by atoms with Gasteiger partial charge in [-0.05, 0) is 37.5 Å². The number of methoxy groups -OCH3 is 1. The van der Waals surface area contributed by atoms with E-state index in [0.29, 0.717) is 29.1 Å². The number of rotatable bonds is 3. The molecule has 0 aromatic heterocycles. The van der Waals surface area contributed by atoms with Crippen molar-refractivity contribution < 1.29 is 14.3 Å². The fourth-order valence-corrected chi connectivity index (χ4v) is 2.06.